The third kappa shape index (κ3) is 2.23. The van der Waals surface area contributed by atoms with Gasteiger partial charge >= 0.3 is 0 Å². The molecule has 1 N–H and O–H groups in total. The third-order valence-electron chi connectivity index (χ3n) is 4.48. The quantitative estimate of drug-likeness (QED) is 0.831. The number of aromatic nitrogens is 1. The van der Waals surface area contributed by atoms with Crippen LogP contribution in [0.2, 0.25) is 0 Å². The first kappa shape index (κ1) is 12.6. The molecule has 0 saturated heterocycles. The number of hydrogen-bond donors (Lipinski definition) is 1. The molecule has 1 aromatic heterocycles. The van der Waals surface area contributed by atoms with Crippen molar-refractivity contribution in [3.05, 3.63) is 15.6 Å². The van der Waals surface area contributed by atoms with E-state index in [9.17, 15) is 5.11 Å². The zero-order valence-electron chi connectivity index (χ0n) is 11.6. The maximum Gasteiger partial charge on any atom is 0.0963 e. The van der Waals surface area contributed by atoms with Gasteiger partial charge in [0.05, 0.1) is 21.7 Å². The Bertz CT molecular complexity index is 451. The van der Waals surface area contributed by atoms with Crippen molar-refractivity contribution in [3.63, 3.8) is 0 Å². The summed E-state index contributed by atoms with van der Waals surface area (Å²) in [6.45, 7) is 6.80. The molecule has 2 nitrogen and oxygen atoms in total. The zero-order chi connectivity index (χ0) is 12.9. The minimum absolute atomic E-state index is 0.195. The lowest BCUT2D eigenvalue weighted by Crippen LogP contribution is -2.24. The SMILES string of the molecule is CC1CCC(c2nc3c(s2)C(O)CC(C)(C)C3)C1. The fourth-order valence-corrected chi connectivity index (χ4v) is 4.73. The molecule has 0 spiro atoms. The first-order chi connectivity index (χ1) is 8.44. The molecule has 100 valence electrons. The number of nitrogens with zero attached hydrogens (tertiary/aromatic N) is 1. The van der Waals surface area contributed by atoms with E-state index in [1.165, 1.54) is 30.0 Å². The Kier molecular flexibility index (Phi) is 3.02. The van der Waals surface area contributed by atoms with E-state index in [1.807, 2.05) is 0 Å². The summed E-state index contributed by atoms with van der Waals surface area (Å²) in [5, 5.41) is 11.6. The molecule has 3 atom stereocenters. The number of fused-ring (bicyclic) bond motifs is 1. The molecule has 0 bridgehead atoms. The van der Waals surface area contributed by atoms with Crippen LogP contribution in [0.1, 0.15) is 74.1 Å². The first-order valence-corrected chi connectivity index (χ1v) is 7.94. The molecule has 3 heteroatoms. The average molecular weight is 265 g/mol. The zero-order valence-corrected chi connectivity index (χ0v) is 12.4. The maximum absolute atomic E-state index is 10.3. The summed E-state index contributed by atoms with van der Waals surface area (Å²) in [5.41, 5.74) is 1.37. The standard InChI is InChI=1S/C15H23NOS/c1-9-4-5-10(6-9)14-16-11-7-15(2,3)8-12(17)13(11)18-14/h9-10,12,17H,4-8H2,1-3H3. The van der Waals surface area contributed by atoms with Gasteiger partial charge in [-0.15, -0.1) is 11.3 Å². The molecule has 1 saturated carbocycles. The van der Waals surface area contributed by atoms with Gasteiger partial charge in [0.2, 0.25) is 0 Å². The predicted octanol–water partition coefficient (Wildman–Crippen LogP) is 4.05. The summed E-state index contributed by atoms with van der Waals surface area (Å²) < 4.78 is 0. The van der Waals surface area contributed by atoms with Gasteiger partial charge in [-0.1, -0.05) is 27.2 Å². The summed E-state index contributed by atoms with van der Waals surface area (Å²) in [6, 6.07) is 0. The van der Waals surface area contributed by atoms with Crippen molar-refractivity contribution >= 4 is 11.3 Å². The molecule has 3 unspecified atom stereocenters. The summed E-state index contributed by atoms with van der Waals surface area (Å²) in [5.74, 6) is 1.50. The Labute approximate surface area is 113 Å². The van der Waals surface area contributed by atoms with Crippen LogP contribution in [0.5, 0.6) is 0 Å². The van der Waals surface area contributed by atoms with Crippen LogP contribution in [0.15, 0.2) is 0 Å². The Morgan fingerprint density at radius 2 is 2.11 bits per heavy atom. The molecule has 3 rings (SSSR count). The average Bonchev–Trinajstić information content (AvgIpc) is 2.82. The maximum atomic E-state index is 10.3. The molecule has 1 aromatic rings. The van der Waals surface area contributed by atoms with Crippen LogP contribution in [0.4, 0.5) is 0 Å². The van der Waals surface area contributed by atoms with Crippen LogP contribution < -0.4 is 0 Å². The van der Waals surface area contributed by atoms with Gasteiger partial charge in [0.1, 0.15) is 0 Å². The van der Waals surface area contributed by atoms with E-state index in [4.69, 9.17) is 4.98 Å². The second-order valence-corrected chi connectivity index (χ2v) is 8.10. The second-order valence-electron chi connectivity index (χ2n) is 7.04. The molecule has 2 aliphatic rings. The van der Waals surface area contributed by atoms with Crippen molar-refractivity contribution in [1.82, 2.24) is 4.98 Å². The smallest absolute Gasteiger partial charge is 0.0963 e. The molecule has 1 fully saturated rings. The Hall–Kier alpha value is -0.410. The van der Waals surface area contributed by atoms with Gasteiger partial charge in [-0.2, -0.15) is 0 Å². The van der Waals surface area contributed by atoms with Crippen LogP contribution in [0.3, 0.4) is 0 Å². The minimum atomic E-state index is -0.283. The summed E-state index contributed by atoms with van der Waals surface area (Å²) >= 11 is 1.78. The molecule has 0 aromatic carbocycles. The van der Waals surface area contributed by atoms with Crippen LogP contribution in [-0.4, -0.2) is 10.1 Å². The molecular weight excluding hydrogens is 242 g/mol. The monoisotopic (exact) mass is 265 g/mol. The van der Waals surface area contributed by atoms with E-state index in [-0.39, 0.29) is 11.5 Å². The van der Waals surface area contributed by atoms with Crippen LogP contribution in [0.25, 0.3) is 0 Å². The van der Waals surface area contributed by atoms with E-state index in [1.54, 1.807) is 11.3 Å². The lowest BCUT2D eigenvalue weighted by Gasteiger charge is -2.31. The molecule has 0 amide bonds. The largest absolute Gasteiger partial charge is 0.387 e. The highest BCUT2D eigenvalue weighted by Crippen LogP contribution is 2.46. The summed E-state index contributed by atoms with van der Waals surface area (Å²) in [7, 11) is 0. The Morgan fingerprint density at radius 1 is 1.33 bits per heavy atom. The van der Waals surface area contributed by atoms with E-state index in [0.29, 0.717) is 5.92 Å². The highest BCUT2D eigenvalue weighted by Gasteiger charge is 2.35. The molecule has 1 heterocycles. The number of hydrogen-bond acceptors (Lipinski definition) is 3. The second kappa shape index (κ2) is 4.31. The van der Waals surface area contributed by atoms with Gasteiger partial charge in [0.25, 0.3) is 0 Å². The lowest BCUT2D eigenvalue weighted by atomic mass is 9.77. The van der Waals surface area contributed by atoms with E-state index in [0.717, 1.165) is 23.6 Å². The van der Waals surface area contributed by atoms with E-state index < -0.39 is 0 Å². The van der Waals surface area contributed by atoms with Crippen molar-refractivity contribution in [1.29, 1.82) is 0 Å². The number of thiazole rings is 1. The number of aliphatic hydroxyl groups is 1. The Balaban J connectivity index is 1.88. The van der Waals surface area contributed by atoms with Gasteiger partial charge in [0, 0.05) is 5.92 Å². The van der Waals surface area contributed by atoms with Gasteiger partial charge in [-0.05, 0) is 37.0 Å². The number of aliphatic hydroxyl groups excluding tert-OH is 1. The molecular formula is C15H23NOS. The highest BCUT2D eigenvalue weighted by molar-refractivity contribution is 7.11. The summed E-state index contributed by atoms with van der Waals surface area (Å²) in [6.07, 6.45) is 5.52. The van der Waals surface area contributed by atoms with Crippen LogP contribution >= 0.6 is 11.3 Å². The fraction of sp³-hybridized carbons (Fsp3) is 0.800. The van der Waals surface area contributed by atoms with Gasteiger partial charge < -0.3 is 5.11 Å². The normalized spacial score (nSPS) is 34.6. The molecule has 18 heavy (non-hydrogen) atoms. The van der Waals surface area contributed by atoms with E-state index in [2.05, 4.69) is 20.8 Å². The highest BCUT2D eigenvalue weighted by atomic mass is 32.1. The fourth-order valence-electron chi connectivity index (χ4n) is 3.52. The molecule has 0 aliphatic heterocycles. The van der Waals surface area contributed by atoms with Crippen molar-refractivity contribution < 1.29 is 5.11 Å². The lowest BCUT2D eigenvalue weighted by molar-refractivity contribution is 0.102. The van der Waals surface area contributed by atoms with Gasteiger partial charge in [-0.3, -0.25) is 0 Å². The topological polar surface area (TPSA) is 33.1 Å². The predicted molar refractivity (Wildman–Crippen MR) is 74.9 cm³/mol. The number of rotatable bonds is 1. The van der Waals surface area contributed by atoms with Crippen LogP contribution in [-0.2, 0) is 6.42 Å². The minimum Gasteiger partial charge on any atom is -0.387 e. The van der Waals surface area contributed by atoms with Crippen molar-refractivity contribution in [3.8, 4) is 0 Å². The molecule has 2 aliphatic carbocycles. The van der Waals surface area contributed by atoms with E-state index >= 15 is 0 Å². The third-order valence-corrected chi connectivity index (χ3v) is 5.84. The first-order valence-electron chi connectivity index (χ1n) is 7.12. The van der Waals surface area contributed by atoms with Crippen molar-refractivity contribution in [2.45, 2.75) is 64.9 Å². The van der Waals surface area contributed by atoms with Crippen LogP contribution in [0, 0.1) is 11.3 Å². The van der Waals surface area contributed by atoms with Crippen molar-refractivity contribution in [2.75, 3.05) is 0 Å². The van der Waals surface area contributed by atoms with Crippen molar-refractivity contribution in [2.24, 2.45) is 11.3 Å². The van der Waals surface area contributed by atoms with Gasteiger partial charge in [0.15, 0.2) is 0 Å². The summed E-state index contributed by atoms with van der Waals surface area (Å²) in [4.78, 5) is 6.03. The Morgan fingerprint density at radius 3 is 2.78 bits per heavy atom. The van der Waals surface area contributed by atoms with Gasteiger partial charge in [-0.25, -0.2) is 4.98 Å². The molecule has 0 radical (unpaired) electrons.